The van der Waals surface area contributed by atoms with Gasteiger partial charge < -0.3 is 14.6 Å². The van der Waals surface area contributed by atoms with Crippen molar-refractivity contribution in [1.29, 1.82) is 0 Å². The maximum atomic E-state index is 10.7. The maximum absolute atomic E-state index is 10.7. The second kappa shape index (κ2) is 7.59. The van der Waals surface area contributed by atoms with Crippen molar-refractivity contribution >= 4 is 15.9 Å². The van der Waals surface area contributed by atoms with Crippen molar-refractivity contribution in [2.75, 3.05) is 20.3 Å². The van der Waals surface area contributed by atoms with E-state index in [9.17, 15) is 5.11 Å². The number of hydrogen-bond acceptors (Lipinski definition) is 3. The molecule has 2 aromatic carbocycles. The SMILES string of the molecule is COCCOc1ccccc1C(O)c1cc(C)ccc1Br. The van der Waals surface area contributed by atoms with Crippen molar-refractivity contribution in [3.8, 4) is 5.75 Å². The van der Waals surface area contributed by atoms with Crippen molar-refractivity contribution in [3.05, 3.63) is 63.6 Å². The lowest BCUT2D eigenvalue weighted by atomic mass is 9.99. The van der Waals surface area contributed by atoms with Gasteiger partial charge in [-0.05, 0) is 24.6 Å². The summed E-state index contributed by atoms with van der Waals surface area (Å²) in [5.74, 6) is 0.676. The second-order valence-electron chi connectivity index (χ2n) is 4.81. The molecule has 0 heterocycles. The van der Waals surface area contributed by atoms with E-state index < -0.39 is 6.10 Å². The molecule has 1 unspecified atom stereocenters. The number of aryl methyl sites for hydroxylation is 1. The van der Waals surface area contributed by atoms with Crippen LogP contribution in [0.5, 0.6) is 5.75 Å². The minimum absolute atomic E-state index is 0.454. The molecule has 1 N–H and O–H groups in total. The molecule has 0 bridgehead atoms. The molecule has 0 amide bonds. The molecule has 0 spiro atoms. The van der Waals surface area contributed by atoms with Gasteiger partial charge in [0.05, 0.1) is 6.61 Å². The molecule has 112 valence electrons. The average molecular weight is 351 g/mol. The fourth-order valence-electron chi connectivity index (χ4n) is 2.11. The average Bonchev–Trinajstić information content (AvgIpc) is 2.50. The van der Waals surface area contributed by atoms with Gasteiger partial charge in [0, 0.05) is 17.1 Å². The van der Waals surface area contributed by atoms with Crippen LogP contribution in [-0.2, 0) is 4.74 Å². The van der Waals surface area contributed by atoms with Crippen LogP contribution in [0.15, 0.2) is 46.9 Å². The molecule has 1 atom stereocenters. The first-order chi connectivity index (χ1) is 10.1. The minimum atomic E-state index is -0.738. The van der Waals surface area contributed by atoms with Crippen LogP contribution in [0.1, 0.15) is 22.8 Å². The van der Waals surface area contributed by atoms with Crippen LogP contribution in [0.25, 0.3) is 0 Å². The maximum Gasteiger partial charge on any atom is 0.125 e. The zero-order valence-electron chi connectivity index (χ0n) is 12.2. The van der Waals surface area contributed by atoms with Gasteiger partial charge in [-0.2, -0.15) is 0 Å². The Kier molecular flexibility index (Phi) is 5.79. The standard InChI is InChI=1S/C17H19BrO3/c1-12-7-8-15(18)14(11-12)17(19)13-5-3-4-6-16(13)21-10-9-20-2/h3-8,11,17,19H,9-10H2,1-2H3. The Morgan fingerprint density at radius 2 is 1.86 bits per heavy atom. The Hall–Kier alpha value is -1.36. The molecular weight excluding hydrogens is 332 g/mol. The van der Waals surface area contributed by atoms with Gasteiger partial charge in [-0.25, -0.2) is 0 Å². The predicted octanol–water partition coefficient (Wildman–Crippen LogP) is 3.86. The summed E-state index contributed by atoms with van der Waals surface area (Å²) in [5.41, 5.74) is 2.68. The summed E-state index contributed by atoms with van der Waals surface area (Å²) in [5, 5.41) is 10.7. The molecule has 2 rings (SSSR count). The summed E-state index contributed by atoms with van der Waals surface area (Å²) in [6.07, 6.45) is -0.738. The summed E-state index contributed by atoms with van der Waals surface area (Å²) in [6.45, 7) is 2.97. The molecule has 0 aromatic heterocycles. The molecular formula is C17H19BrO3. The lowest BCUT2D eigenvalue weighted by molar-refractivity contribution is 0.142. The summed E-state index contributed by atoms with van der Waals surface area (Å²) in [4.78, 5) is 0. The first kappa shape index (κ1) is 16.0. The Morgan fingerprint density at radius 1 is 1.10 bits per heavy atom. The molecule has 21 heavy (non-hydrogen) atoms. The fourth-order valence-corrected chi connectivity index (χ4v) is 2.58. The van der Waals surface area contributed by atoms with Gasteiger partial charge in [0.1, 0.15) is 18.5 Å². The van der Waals surface area contributed by atoms with Gasteiger partial charge >= 0.3 is 0 Å². The van der Waals surface area contributed by atoms with Gasteiger partial charge in [-0.15, -0.1) is 0 Å². The summed E-state index contributed by atoms with van der Waals surface area (Å²) in [6, 6.07) is 13.4. The summed E-state index contributed by atoms with van der Waals surface area (Å²) >= 11 is 3.50. The first-order valence-corrected chi connectivity index (χ1v) is 7.57. The third-order valence-electron chi connectivity index (χ3n) is 3.20. The van der Waals surface area contributed by atoms with Crippen LogP contribution < -0.4 is 4.74 Å². The molecule has 0 aliphatic heterocycles. The summed E-state index contributed by atoms with van der Waals surface area (Å²) < 4.78 is 11.6. The number of rotatable bonds is 6. The number of para-hydroxylation sites is 1. The van der Waals surface area contributed by atoms with Crippen molar-refractivity contribution in [3.63, 3.8) is 0 Å². The van der Waals surface area contributed by atoms with E-state index in [2.05, 4.69) is 15.9 Å². The topological polar surface area (TPSA) is 38.7 Å². The zero-order valence-corrected chi connectivity index (χ0v) is 13.8. The van der Waals surface area contributed by atoms with E-state index >= 15 is 0 Å². The first-order valence-electron chi connectivity index (χ1n) is 6.78. The molecule has 0 saturated heterocycles. The molecule has 0 aliphatic rings. The summed E-state index contributed by atoms with van der Waals surface area (Å²) in [7, 11) is 1.63. The van der Waals surface area contributed by atoms with E-state index in [-0.39, 0.29) is 0 Å². The van der Waals surface area contributed by atoms with Gasteiger partial charge in [0.25, 0.3) is 0 Å². The monoisotopic (exact) mass is 350 g/mol. The Balaban J connectivity index is 2.30. The fraction of sp³-hybridized carbons (Fsp3) is 0.294. The smallest absolute Gasteiger partial charge is 0.125 e. The number of methoxy groups -OCH3 is 1. The number of aliphatic hydroxyl groups is 1. The number of ether oxygens (including phenoxy) is 2. The number of benzene rings is 2. The van der Waals surface area contributed by atoms with Gasteiger partial charge in [-0.1, -0.05) is 51.8 Å². The molecule has 2 aromatic rings. The molecule has 0 fully saturated rings. The van der Waals surface area contributed by atoms with Gasteiger partial charge in [-0.3, -0.25) is 0 Å². The molecule has 0 aliphatic carbocycles. The van der Waals surface area contributed by atoms with Crippen LogP contribution in [-0.4, -0.2) is 25.4 Å². The zero-order chi connectivity index (χ0) is 15.2. The van der Waals surface area contributed by atoms with Crippen molar-refractivity contribution in [2.24, 2.45) is 0 Å². The largest absolute Gasteiger partial charge is 0.491 e. The Bertz CT molecular complexity index is 598. The van der Waals surface area contributed by atoms with Crippen molar-refractivity contribution < 1.29 is 14.6 Å². The lowest BCUT2D eigenvalue weighted by Crippen LogP contribution is -2.08. The third-order valence-corrected chi connectivity index (χ3v) is 3.93. The highest BCUT2D eigenvalue weighted by molar-refractivity contribution is 9.10. The Labute approximate surface area is 133 Å². The predicted molar refractivity (Wildman–Crippen MR) is 86.8 cm³/mol. The van der Waals surface area contributed by atoms with E-state index in [1.807, 2.05) is 49.4 Å². The minimum Gasteiger partial charge on any atom is -0.491 e. The molecule has 0 radical (unpaired) electrons. The van der Waals surface area contributed by atoms with Crippen molar-refractivity contribution in [2.45, 2.75) is 13.0 Å². The quantitative estimate of drug-likeness (QED) is 0.803. The lowest BCUT2D eigenvalue weighted by Gasteiger charge is -2.18. The van der Waals surface area contributed by atoms with E-state index in [4.69, 9.17) is 9.47 Å². The highest BCUT2D eigenvalue weighted by Crippen LogP contribution is 2.34. The number of aliphatic hydroxyl groups excluding tert-OH is 1. The number of halogens is 1. The van der Waals surface area contributed by atoms with Crippen LogP contribution in [0.2, 0.25) is 0 Å². The highest BCUT2D eigenvalue weighted by atomic mass is 79.9. The van der Waals surface area contributed by atoms with Crippen LogP contribution >= 0.6 is 15.9 Å². The third kappa shape index (κ3) is 4.06. The van der Waals surface area contributed by atoms with E-state index in [0.29, 0.717) is 19.0 Å². The Morgan fingerprint density at radius 3 is 2.62 bits per heavy atom. The van der Waals surface area contributed by atoms with Crippen LogP contribution in [0, 0.1) is 6.92 Å². The van der Waals surface area contributed by atoms with Crippen LogP contribution in [0.3, 0.4) is 0 Å². The molecule has 4 heteroatoms. The molecule has 3 nitrogen and oxygen atoms in total. The van der Waals surface area contributed by atoms with Crippen LogP contribution in [0.4, 0.5) is 0 Å². The van der Waals surface area contributed by atoms with Crippen molar-refractivity contribution in [1.82, 2.24) is 0 Å². The highest BCUT2D eigenvalue weighted by Gasteiger charge is 2.18. The number of hydrogen-bond donors (Lipinski definition) is 1. The van der Waals surface area contributed by atoms with Gasteiger partial charge in [0.2, 0.25) is 0 Å². The molecule has 0 saturated carbocycles. The van der Waals surface area contributed by atoms with Gasteiger partial charge in [0.15, 0.2) is 0 Å². The second-order valence-corrected chi connectivity index (χ2v) is 5.66. The van der Waals surface area contributed by atoms with E-state index in [0.717, 1.165) is 21.2 Å². The normalized spacial score (nSPS) is 12.2. The van der Waals surface area contributed by atoms with E-state index in [1.54, 1.807) is 7.11 Å². The van der Waals surface area contributed by atoms with E-state index in [1.165, 1.54) is 0 Å².